The Morgan fingerprint density at radius 3 is 3.00 bits per heavy atom. The van der Waals surface area contributed by atoms with E-state index in [2.05, 4.69) is 19.9 Å². The number of nitrogen functional groups attached to an aromatic ring is 1. The topological polar surface area (TPSA) is 85.8 Å². The summed E-state index contributed by atoms with van der Waals surface area (Å²) in [4.78, 5) is 20.3. The maximum atomic E-state index is 12.2. The van der Waals surface area contributed by atoms with E-state index in [1.807, 2.05) is 6.20 Å². The van der Waals surface area contributed by atoms with Gasteiger partial charge in [0, 0.05) is 18.4 Å². The van der Waals surface area contributed by atoms with Gasteiger partial charge in [-0.15, -0.1) is 0 Å². The summed E-state index contributed by atoms with van der Waals surface area (Å²) < 4.78 is 2.06. The van der Waals surface area contributed by atoms with Crippen molar-refractivity contribution in [3.8, 4) is 0 Å². The van der Waals surface area contributed by atoms with Gasteiger partial charge in [0.1, 0.15) is 5.69 Å². The van der Waals surface area contributed by atoms with Gasteiger partial charge in [0.05, 0.1) is 24.3 Å². The summed E-state index contributed by atoms with van der Waals surface area (Å²) in [7, 11) is 0. The quantitative estimate of drug-likeness (QED) is 0.883. The van der Waals surface area contributed by atoms with Gasteiger partial charge in [0.25, 0.3) is 5.91 Å². The molecule has 2 aromatic rings. The number of hydrogen-bond donors (Lipinski definition) is 2. The van der Waals surface area contributed by atoms with Crippen molar-refractivity contribution in [2.45, 2.75) is 31.3 Å². The number of aromatic nitrogens is 3. The molecule has 2 atom stereocenters. The average Bonchev–Trinajstić information content (AvgIpc) is 3.09. The molecule has 6 nitrogen and oxygen atoms in total. The van der Waals surface area contributed by atoms with Crippen LogP contribution in [0.25, 0.3) is 0 Å². The van der Waals surface area contributed by atoms with E-state index in [0.29, 0.717) is 11.4 Å². The van der Waals surface area contributed by atoms with Gasteiger partial charge in [-0.2, -0.15) is 0 Å². The van der Waals surface area contributed by atoms with Gasteiger partial charge in [-0.05, 0) is 31.4 Å². The Labute approximate surface area is 117 Å². The van der Waals surface area contributed by atoms with E-state index in [1.165, 1.54) is 6.20 Å². The molecule has 1 amide bonds. The lowest BCUT2D eigenvalue weighted by atomic mass is 10.1. The van der Waals surface area contributed by atoms with Gasteiger partial charge in [-0.25, -0.2) is 9.97 Å². The molecule has 1 aliphatic carbocycles. The van der Waals surface area contributed by atoms with Crippen LogP contribution in [0.4, 0.5) is 5.69 Å². The van der Waals surface area contributed by atoms with E-state index in [9.17, 15) is 4.79 Å². The minimum Gasteiger partial charge on any atom is -0.397 e. The SMILES string of the molecule is Nc1ccc(C(=O)NC2CCCC2n2ccnc2)nc1. The Bertz CT molecular complexity index is 578. The van der Waals surface area contributed by atoms with Crippen LogP contribution < -0.4 is 11.1 Å². The first-order valence-corrected chi connectivity index (χ1v) is 6.74. The van der Waals surface area contributed by atoms with Gasteiger partial charge >= 0.3 is 0 Å². The standard InChI is InChI=1S/C14H17N5O/c15-10-4-5-12(17-8-10)14(20)18-11-2-1-3-13(11)19-7-6-16-9-19/h4-9,11,13H,1-3,15H2,(H,18,20). The highest BCUT2D eigenvalue weighted by Gasteiger charge is 2.30. The molecule has 0 aliphatic heterocycles. The third-order valence-electron chi connectivity index (χ3n) is 3.72. The smallest absolute Gasteiger partial charge is 0.270 e. The number of carbonyl (C=O) groups is 1. The lowest BCUT2D eigenvalue weighted by Gasteiger charge is -2.21. The largest absolute Gasteiger partial charge is 0.397 e. The highest BCUT2D eigenvalue weighted by Crippen LogP contribution is 2.30. The number of anilines is 1. The van der Waals surface area contributed by atoms with Gasteiger partial charge < -0.3 is 15.6 Å². The summed E-state index contributed by atoms with van der Waals surface area (Å²) in [6.07, 6.45) is 10.1. The summed E-state index contributed by atoms with van der Waals surface area (Å²) >= 11 is 0. The number of carbonyl (C=O) groups excluding carboxylic acids is 1. The van der Waals surface area contributed by atoms with Crippen molar-refractivity contribution in [3.63, 3.8) is 0 Å². The molecule has 2 unspecified atom stereocenters. The molecular formula is C14H17N5O. The normalized spacial score (nSPS) is 21.8. The predicted octanol–water partition coefficient (Wildman–Crippen LogP) is 1.38. The van der Waals surface area contributed by atoms with Gasteiger partial charge in [-0.1, -0.05) is 0 Å². The molecule has 0 aromatic carbocycles. The molecule has 2 aromatic heterocycles. The van der Waals surface area contributed by atoms with Crippen molar-refractivity contribution in [2.24, 2.45) is 0 Å². The van der Waals surface area contributed by atoms with E-state index in [4.69, 9.17) is 5.73 Å². The van der Waals surface area contributed by atoms with Gasteiger partial charge in [0.2, 0.25) is 0 Å². The first-order chi connectivity index (χ1) is 9.74. The lowest BCUT2D eigenvalue weighted by molar-refractivity contribution is 0.0924. The average molecular weight is 271 g/mol. The molecule has 3 rings (SSSR count). The van der Waals surface area contributed by atoms with E-state index in [-0.39, 0.29) is 18.0 Å². The number of nitrogens with two attached hydrogens (primary N) is 1. The highest BCUT2D eigenvalue weighted by molar-refractivity contribution is 5.92. The van der Waals surface area contributed by atoms with Crippen LogP contribution in [-0.2, 0) is 0 Å². The van der Waals surface area contributed by atoms with Crippen molar-refractivity contribution in [3.05, 3.63) is 42.7 Å². The van der Waals surface area contributed by atoms with Gasteiger partial charge in [-0.3, -0.25) is 4.79 Å². The Balaban J connectivity index is 1.70. The van der Waals surface area contributed by atoms with Crippen LogP contribution in [0.1, 0.15) is 35.8 Å². The van der Waals surface area contributed by atoms with E-state index < -0.39 is 0 Å². The van der Waals surface area contributed by atoms with Crippen molar-refractivity contribution in [1.82, 2.24) is 19.9 Å². The molecule has 104 valence electrons. The minimum atomic E-state index is -0.151. The second-order valence-electron chi connectivity index (χ2n) is 5.06. The maximum Gasteiger partial charge on any atom is 0.270 e. The number of amides is 1. The Morgan fingerprint density at radius 1 is 1.40 bits per heavy atom. The molecular weight excluding hydrogens is 254 g/mol. The monoisotopic (exact) mass is 271 g/mol. The maximum absolute atomic E-state index is 12.2. The highest BCUT2D eigenvalue weighted by atomic mass is 16.1. The Kier molecular flexibility index (Phi) is 3.37. The Hall–Kier alpha value is -2.37. The predicted molar refractivity (Wildman–Crippen MR) is 75.0 cm³/mol. The van der Waals surface area contributed by atoms with E-state index >= 15 is 0 Å². The molecule has 1 aliphatic rings. The molecule has 0 saturated heterocycles. The van der Waals surface area contributed by atoms with Gasteiger partial charge in [0.15, 0.2) is 0 Å². The fourth-order valence-electron chi connectivity index (χ4n) is 2.71. The van der Waals surface area contributed by atoms with Crippen molar-refractivity contribution < 1.29 is 4.79 Å². The van der Waals surface area contributed by atoms with Crippen LogP contribution in [0.3, 0.4) is 0 Å². The molecule has 0 bridgehead atoms. The fraction of sp³-hybridized carbons (Fsp3) is 0.357. The number of imidazole rings is 1. The number of nitrogens with zero attached hydrogens (tertiary/aromatic N) is 3. The lowest BCUT2D eigenvalue weighted by Crippen LogP contribution is -2.38. The molecule has 6 heteroatoms. The zero-order valence-corrected chi connectivity index (χ0v) is 11.1. The van der Waals surface area contributed by atoms with Crippen molar-refractivity contribution in [2.75, 3.05) is 5.73 Å². The Morgan fingerprint density at radius 2 is 2.30 bits per heavy atom. The van der Waals surface area contributed by atoms with E-state index in [0.717, 1.165) is 19.3 Å². The first-order valence-electron chi connectivity index (χ1n) is 6.74. The minimum absolute atomic E-state index is 0.121. The molecule has 2 heterocycles. The van der Waals surface area contributed by atoms with E-state index in [1.54, 1.807) is 24.7 Å². The summed E-state index contributed by atoms with van der Waals surface area (Å²) in [5, 5.41) is 3.06. The van der Waals surface area contributed by atoms with Crippen LogP contribution in [0.5, 0.6) is 0 Å². The zero-order valence-electron chi connectivity index (χ0n) is 11.1. The summed E-state index contributed by atoms with van der Waals surface area (Å²) in [6.45, 7) is 0. The molecule has 0 spiro atoms. The second kappa shape index (κ2) is 5.32. The van der Waals surface area contributed by atoms with Crippen LogP contribution >= 0.6 is 0 Å². The number of hydrogen-bond acceptors (Lipinski definition) is 4. The molecule has 3 N–H and O–H groups in total. The molecule has 20 heavy (non-hydrogen) atoms. The zero-order chi connectivity index (χ0) is 13.9. The number of nitrogens with one attached hydrogen (secondary N) is 1. The van der Waals surface area contributed by atoms with Crippen LogP contribution in [-0.4, -0.2) is 26.5 Å². The fourth-order valence-corrected chi connectivity index (χ4v) is 2.71. The third-order valence-corrected chi connectivity index (χ3v) is 3.72. The van der Waals surface area contributed by atoms with Crippen LogP contribution in [0, 0.1) is 0 Å². The number of rotatable bonds is 3. The second-order valence-corrected chi connectivity index (χ2v) is 5.06. The summed E-state index contributed by atoms with van der Waals surface area (Å²) in [5.41, 5.74) is 6.53. The first kappa shape index (κ1) is 12.7. The van der Waals surface area contributed by atoms with Crippen molar-refractivity contribution in [1.29, 1.82) is 0 Å². The van der Waals surface area contributed by atoms with Crippen LogP contribution in [0.15, 0.2) is 37.1 Å². The van der Waals surface area contributed by atoms with Crippen LogP contribution in [0.2, 0.25) is 0 Å². The van der Waals surface area contributed by atoms with Crippen molar-refractivity contribution >= 4 is 11.6 Å². The third kappa shape index (κ3) is 2.49. The molecule has 1 saturated carbocycles. The summed E-state index contributed by atoms with van der Waals surface area (Å²) in [6, 6.07) is 3.72. The molecule has 0 radical (unpaired) electrons. The number of pyridine rings is 1. The summed E-state index contributed by atoms with van der Waals surface area (Å²) in [5.74, 6) is -0.151. The molecule has 1 fully saturated rings.